The summed E-state index contributed by atoms with van der Waals surface area (Å²) in [7, 11) is -4.09. The van der Waals surface area contributed by atoms with Gasteiger partial charge in [0.25, 0.3) is 15.9 Å². The summed E-state index contributed by atoms with van der Waals surface area (Å²) in [4.78, 5) is 36.6. The normalized spacial score (nSPS) is 15.6. The fourth-order valence-corrected chi connectivity index (χ4v) is 4.57. The minimum atomic E-state index is -4.09. The first-order valence-electron chi connectivity index (χ1n) is 8.53. The molecule has 146 valence electrons. The molecule has 0 saturated heterocycles. The molecule has 1 heterocycles. The van der Waals surface area contributed by atoms with Gasteiger partial charge in [-0.15, -0.1) is 0 Å². The minimum Gasteiger partial charge on any atom is -0.462 e. The molecule has 0 aliphatic carbocycles. The molecule has 8 nitrogen and oxygen atoms in total. The Bertz CT molecular complexity index is 1050. The Balaban J connectivity index is 1.77. The Morgan fingerprint density at radius 1 is 1.11 bits per heavy atom. The molecule has 1 atom stereocenters. The van der Waals surface area contributed by atoms with Crippen LogP contribution < -0.4 is 5.32 Å². The number of rotatable bonds is 5. The third-order valence-electron chi connectivity index (χ3n) is 4.25. The van der Waals surface area contributed by atoms with Gasteiger partial charge in [0, 0.05) is 5.69 Å². The van der Waals surface area contributed by atoms with E-state index in [2.05, 4.69) is 5.32 Å². The monoisotopic (exact) mass is 402 g/mol. The number of nitrogens with zero attached hydrogens (tertiary/aromatic N) is 1. The van der Waals surface area contributed by atoms with Gasteiger partial charge in [-0.2, -0.15) is 0 Å². The van der Waals surface area contributed by atoms with Gasteiger partial charge in [-0.1, -0.05) is 12.1 Å². The van der Waals surface area contributed by atoms with Gasteiger partial charge in [0.1, 0.15) is 10.9 Å². The molecular formula is C19H18N2O6S. The maximum absolute atomic E-state index is 12.6. The first-order chi connectivity index (χ1) is 13.3. The molecule has 2 aromatic rings. The second-order valence-electron chi connectivity index (χ2n) is 6.07. The third-order valence-corrected chi connectivity index (χ3v) is 6.16. The van der Waals surface area contributed by atoms with E-state index in [-0.39, 0.29) is 17.1 Å². The van der Waals surface area contributed by atoms with Crippen molar-refractivity contribution in [1.82, 2.24) is 4.31 Å². The lowest BCUT2D eigenvalue weighted by Crippen LogP contribution is -2.45. The number of hydrogen-bond acceptors (Lipinski definition) is 6. The first kappa shape index (κ1) is 19.6. The van der Waals surface area contributed by atoms with Crippen molar-refractivity contribution in [2.75, 3.05) is 11.9 Å². The van der Waals surface area contributed by atoms with E-state index in [1.165, 1.54) is 49.4 Å². The van der Waals surface area contributed by atoms with Crippen LogP contribution in [0.3, 0.4) is 0 Å². The molecule has 0 spiro atoms. The predicted molar refractivity (Wildman–Crippen MR) is 100 cm³/mol. The molecule has 3 rings (SSSR count). The second kappa shape index (κ2) is 7.43. The zero-order valence-electron chi connectivity index (χ0n) is 15.2. The number of ether oxygens (including phenoxy) is 1. The lowest BCUT2D eigenvalue weighted by molar-refractivity contribution is -0.118. The van der Waals surface area contributed by atoms with Gasteiger partial charge in [-0.3, -0.25) is 9.59 Å². The van der Waals surface area contributed by atoms with E-state index >= 15 is 0 Å². The number of carbonyl (C=O) groups excluding carboxylic acids is 3. The van der Waals surface area contributed by atoms with Crippen LogP contribution in [0.2, 0.25) is 0 Å². The number of carbonyl (C=O) groups is 3. The highest BCUT2D eigenvalue weighted by Crippen LogP contribution is 2.31. The van der Waals surface area contributed by atoms with Crippen molar-refractivity contribution in [2.45, 2.75) is 24.8 Å². The Morgan fingerprint density at radius 3 is 2.36 bits per heavy atom. The molecule has 0 bridgehead atoms. The number of esters is 1. The Kier molecular flexibility index (Phi) is 5.19. The fraction of sp³-hybridized carbons (Fsp3) is 0.211. The van der Waals surface area contributed by atoms with Crippen LogP contribution in [0.5, 0.6) is 0 Å². The Labute approximate surface area is 162 Å². The number of fused-ring (bicyclic) bond motifs is 1. The molecule has 28 heavy (non-hydrogen) atoms. The zero-order valence-corrected chi connectivity index (χ0v) is 16.0. The molecule has 1 N–H and O–H groups in total. The molecule has 0 radical (unpaired) electrons. The second-order valence-corrected chi connectivity index (χ2v) is 7.85. The SMILES string of the molecule is CCOC(=O)c1ccc(NC(=O)[C@@H](C)N2C(=O)c3ccccc3S2(=O)=O)cc1. The fourth-order valence-electron chi connectivity index (χ4n) is 2.84. The highest BCUT2D eigenvalue weighted by Gasteiger charge is 2.45. The third kappa shape index (κ3) is 3.36. The lowest BCUT2D eigenvalue weighted by Gasteiger charge is -2.22. The van der Waals surface area contributed by atoms with Gasteiger partial charge in [0.05, 0.1) is 17.7 Å². The summed E-state index contributed by atoms with van der Waals surface area (Å²) in [6.07, 6.45) is 0. The molecule has 2 amide bonds. The van der Waals surface area contributed by atoms with E-state index in [1.54, 1.807) is 13.0 Å². The van der Waals surface area contributed by atoms with Crippen molar-refractivity contribution in [3.63, 3.8) is 0 Å². The van der Waals surface area contributed by atoms with Crippen LogP contribution in [0.25, 0.3) is 0 Å². The maximum Gasteiger partial charge on any atom is 0.338 e. The number of amides is 2. The molecule has 0 unspecified atom stereocenters. The number of anilines is 1. The molecule has 2 aromatic carbocycles. The Morgan fingerprint density at radius 2 is 1.75 bits per heavy atom. The van der Waals surface area contributed by atoms with Crippen molar-refractivity contribution < 1.29 is 27.5 Å². The van der Waals surface area contributed by atoms with E-state index in [0.717, 1.165) is 0 Å². The van der Waals surface area contributed by atoms with E-state index < -0.39 is 33.8 Å². The molecule has 0 fully saturated rings. The largest absolute Gasteiger partial charge is 0.462 e. The first-order valence-corrected chi connectivity index (χ1v) is 9.97. The van der Waals surface area contributed by atoms with Crippen LogP contribution in [0.4, 0.5) is 5.69 Å². The highest BCUT2D eigenvalue weighted by atomic mass is 32.2. The van der Waals surface area contributed by atoms with Crippen molar-refractivity contribution in [1.29, 1.82) is 0 Å². The summed E-state index contributed by atoms with van der Waals surface area (Å²) in [6.45, 7) is 3.28. The Hall–Kier alpha value is -3.20. The van der Waals surface area contributed by atoms with E-state index in [4.69, 9.17) is 4.74 Å². The summed E-state index contributed by atoms with van der Waals surface area (Å²) >= 11 is 0. The van der Waals surface area contributed by atoms with Gasteiger partial charge in [0.2, 0.25) is 5.91 Å². The number of hydrogen-bond donors (Lipinski definition) is 1. The minimum absolute atomic E-state index is 0.0425. The molecule has 9 heteroatoms. The van der Waals surface area contributed by atoms with Crippen LogP contribution in [0.15, 0.2) is 53.4 Å². The average Bonchev–Trinajstić information content (AvgIpc) is 2.88. The van der Waals surface area contributed by atoms with Crippen LogP contribution in [-0.2, 0) is 19.6 Å². The quantitative estimate of drug-likeness (QED) is 0.767. The van der Waals surface area contributed by atoms with Crippen molar-refractivity contribution in [3.8, 4) is 0 Å². The zero-order chi connectivity index (χ0) is 20.5. The van der Waals surface area contributed by atoms with Crippen molar-refractivity contribution >= 4 is 33.5 Å². The summed E-state index contributed by atoms with van der Waals surface area (Å²) in [5.41, 5.74) is 0.716. The number of benzene rings is 2. The van der Waals surface area contributed by atoms with Crippen LogP contribution in [0, 0.1) is 0 Å². The molecular weight excluding hydrogens is 384 g/mol. The van der Waals surface area contributed by atoms with E-state index in [9.17, 15) is 22.8 Å². The van der Waals surface area contributed by atoms with Gasteiger partial charge in [-0.25, -0.2) is 17.5 Å². The van der Waals surface area contributed by atoms with Crippen LogP contribution >= 0.6 is 0 Å². The molecule has 0 saturated carbocycles. The van der Waals surface area contributed by atoms with Gasteiger partial charge in [-0.05, 0) is 50.2 Å². The summed E-state index contributed by atoms with van der Waals surface area (Å²) in [5.74, 6) is -1.90. The summed E-state index contributed by atoms with van der Waals surface area (Å²) in [6, 6.07) is 10.5. The average molecular weight is 402 g/mol. The van der Waals surface area contributed by atoms with Gasteiger partial charge >= 0.3 is 5.97 Å². The van der Waals surface area contributed by atoms with E-state index in [0.29, 0.717) is 15.6 Å². The van der Waals surface area contributed by atoms with Crippen LogP contribution in [-0.4, -0.2) is 43.2 Å². The maximum atomic E-state index is 12.6. The number of nitrogens with one attached hydrogen (secondary N) is 1. The van der Waals surface area contributed by atoms with Crippen molar-refractivity contribution in [2.24, 2.45) is 0 Å². The highest BCUT2D eigenvalue weighted by molar-refractivity contribution is 7.90. The smallest absolute Gasteiger partial charge is 0.338 e. The standard InChI is InChI=1S/C19H18N2O6S/c1-3-27-19(24)13-8-10-14(11-9-13)20-17(22)12(2)21-18(23)15-6-4-5-7-16(15)28(21,25)26/h4-12H,3H2,1-2H3,(H,20,22)/t12-/m1/s1. The lowest BCUT2D eigenvalue weighted by atomic mass is 10.2. The van der Waals surface area contributed by atoms with Crippen molar-refractivity contribution in [3.05, 3.63) is 59.7 Å². The molecule has 1 aliphatic rings. The molecule has 1 aliphatic heterocycles. The topological polar surface area (TPSA) is 110 Å². The van der Waals surface area contributed by atoms with Crippen LogP contribution in [0.1, 0.15) is 34.6 Å². The van der Waals surface area contributed by atoms with Gasteiger partial charge in [0.15, 0.2) is 0 Å². The van der Waals surface area contributed by atoms with E-state index in [1.807, 2.05) is 0 Å². The number of sulfonamides is 1. The summed E-state index contributed by atoms with van der Waals surface area (Å²) in [5, 5.41) is 2.55. The molecule has 0 aromatic heterocycles. The van der Waals surface area contributed by atoms with Gasteiger partial charge < -0.3 is 10.1 Å². The summed E-state index contributed by atoms with van der Waals surface area (Å²) < 4.78 is 30.8. The predicted octanol–water partition coefficient (Wildman–Crippen LogP) is 2.04.